The van der Waals surface area contributed by atoms with Gasteiger partial charge in [-0.25, -0.2) is 9.59 Å². The highest BCUT2D eigenvalue weighted by Gasteiger charge is 2.16. The van der Waals surface area contributed by atoms with E-state index in [4.69, 9.17) is 15.9 Å². The van der Waals surface area contributed by atoms with E-state index in [0.29, 0.717) is 0 Å². The van der Waals surface area contributed by atoms with Gasteiger partial charge >= 0.3 is 17.8 Å². The van der Waals surface area contributed by atoms with Crippen molar-refractivity contribution in [3.8, 4) is 0 Å². The van der Waals surface area contributed by atoms with E-state index in [1.165, 1.54) is 0 Å². The van der Waals surface area contributed by atoms with Crippen LogP contribution in [0.1, 0.15) is 0 Å². The maximum Gasteiger partial charge on any atom is 0.422 e. The summed E-state index contributed by atoms with van der Waals surface area (Å²) in [4.78, 5) is 43.7. The summed E-state index contributed by atoms with van der Waals surface area (Å²) in [7, 11) is 0. The second kappa shape index (κ2) is 4.61. The fraction of sp³-hybridized carbons (Fsp3) is 0.250. The number of rotatable bonds is 3. The molecular weight excluding hydrogens is 234 g/mol. The first kappa shape index (κ1) is 12.6. The van der Waals surface area contributed by atoms with Crippen LogP contribution in [0.2, 0.25) is 0 Å². The van der Waals surface area contributed by atoms with Crippen LogP contribution in [0.25, 0.3) is 0 Å². The quantitative estimate of drug-likeness (QED) is 0.553. The third-order valence-corrected chi connectivity index (χ3v) is 1.96. The first-order chi connectivity index (χ1) is 7.84. The van der Waals surface area contributed by atoms with E-state index in [1.807, 2.05) is 0 Å². The molecule has 0 saturated heterocycles. The van der Waals surface area contributed by atoms with E-state index in [2.05, 4.69) is 0 Å². The van der Waals surface area contributed by atoms with Crippen molar-refractivity contribution in [2.24, 2.45) is 5.73 Å². The van der Waals surface area contributed by atoms with Crippen molar-refractivity contribution in [3.63, 3.8) is 0 Å². The van der Waals surface area contributed by atoms with Gasteiger partial charge in [0.25, 0.3) is 5.56 Å². The number of carbonyl (C=O) groups is 2. The molecule has 0 saturated carbocycles. The predicted octanol–water partition coefficient (Wildman–Crippen LogP) is -2.05. The molecule has 0 amide bonds. The normalized spacial score (nSPS) is 12.1. The molecular formula is C8H9N3O6. The van der Waals surface area contributed by atoms with Crippen LogP contribution in [0, 0.1) is 0 Å². The molecule has 0 aromatic carbocycles. The molecule has 17 heavy (non-hydrogen) atoms. The van der Waals surface area contributed by atoms with E-state index in [-0.39, 0.29) is 4.57 Å². The van der Waals surface area contributed by atoms with Gasteiger partial charge < -0.3 is 15.9 Å². The third-order valence-electron chi connectivity index (χ3n) is 1.96. The number of aliphatic carboxylic acids is 1. The minimum atomic E-state index is -1.74. The minimum Gasteiger partial charge on any atom is -0.480 e. The molecule has 9 heteroatoms. The van der Waals surface area contributed by atoms with Crippen molar-refractivity contribution in [1.82, 2.24) is 9.13 Å². The van der Waals surface area contributed by atoms with Crippen LogP contribution in [0.15, 0.2) is 21.9 Å². The molecule has 1 atom stereocenters. The van der Waals surface area contributed by atoms with Crippen LogP contribution >= 0.6 is 0 Å². The Bertz CT molecular complexity index is 571. The fourth-order valence-corrected chi connectivity index (χ4v) is 1.12. The molecule has 1 aromatic rings. The third kappa shape index (κ3) is 2.58. The maximum absolute atomic E-state index is 11.5. The van der Waals surface area contributed by atoms with Gasteiger partial charge in [0.15, 0.2) is 0 Å². The Hall–Kier alpha value is -2.42. The number of nitrogens with two attached hydrogens (primary N) is 1. The zero-order valence-electron chi connectivity index (χ0n) is 8.44. The van der Waals surface area contributed by atoms with Gasteiger partial charge in [-0.15, -0.1) is 0 Å². The molecule has 0 radical (unpaired) electrons. The van der Waals surface area contributed by atoms with Crippen molar-refractivity contribution in [3.05, 3.63) is 33.1 Å². The number of hydrogen-bond donors (Lipinski definition) is 3. The number of aromatic nitrogens is 2. The smallest absolute Gasteiger partial charge is 0.422 e. The van der Waals surface area contributed by atoms with Crippen LogP contribution in [0.5, 0.6) is 0 Å². The summed E-state index contributed by atoms with van der Waals surface area (Å²) in [6.07, 6.45) is -0.745. The molecule has 0 bridgehead atoms. The van der Waals surface area contributed by atoms with E-state index < -0.39 is 35.9 Å². The van der Waals surface area contributed by atoms with Gasteiger partial charge in [-0.3, -0.25) is 14.2 Å². The molecule has 0 fully saturated rings. The van der Waals surface area contributed by atoms with Crippen LogP contribution < -0.4 is 17.0 Å². The summed E-state index contributed by atoms with van der Waals surface area (Å²) in [5, 5.41) is 17.2. The Morgan fingerprint density at radius 1 is 1.35 bits per heavy atom. The topological polar surface area (TPSA) is 145 Å². The Morgan fingerprint density at radius 3 is 2.41 bits per heavy atom. The Labute approximate surface area is 93.3 Å². The van der Waals surface area contributed by atoms with Gasteiger partial charge in [-0.2, -0.15) is 4.57 Å². The Balaban J connectivity index is 3.25. The highest BCUT2D eigenvalue weighted by atomic mass is 16.4. The van der Waals surface area contributed by atoms with Crippen molar-refractivity contribution in [1.29, 1.82) is 0 Å². The van der Waals surface area contributed by atoms with Gasteiger partial charge in [0.2, 0.25) is 0 Å². The van der Waals surface area contributed by atoms with Gasteiger partial charge in [0, 0.05) is 12.3 Å². The van der Waals surface area contributed by atoms with E-state index in [1.54, 1.807) is 0 Å². The minimum absolute atomic E-state index is 0.0332. The average molecular weight is 243 g/mol. The van der Waals surface area contributed by atoms with Crippen LogP contribution in [0.4, 0.5) is 4.79 Å². The van der Waals surface area contributed by atoms with Crippen molar-refractivity contribution >= 4 is 12.1 Å². The van der Waals surface area contributed by atoms with E-state index in [9.17, 15) is 19.2 Å². The zero-order valence-corrected chi connectivity index (χ0v) is 8.44. The summed E-state index contributed by atoms with van der Waals surface area (Å²) >= 11 is 0. The average Bonchev–Trinajstić information content (AvgIpc) is 2.21. The highest BCUT2D eigenvalue weighted by Crippen LogP contribution is 1.85. The van der Waals surface area contributed by atoms with Gasteiger partial charge in [-0.1, -0.05) is 0 Å². The van der Waals surface area contributed by atoms with Gasteiger partial charge in [0.1, 0.15) is 6.04 Å². The van der Waals surface area contributed by atoms with E-state index >= 15 is 0 Å². The number of carboxylic acid groups (broad SMARTS) is 2. The summed E-state index contributed by atoms with van der Waals surface area (Å²) in [5.74, 6) is -1.34. The van der Waals surface area contributed by atoms with Crippen LogP contribution in [-0.4, -0.2) is 37.5 Å². The molecule has 1 rings (SSSR count). The molecule has 0 aliphatic carbocycles. The Kier molecular flexibility index (Phi) is 3.43. The van der Waals surface area contributed by atoms with Gasteiger partial charge in [0.05, 0.1) is 6.54 Å². The Morgan fingerprint density at radius 2 is 1.94 bits per heavy atom. The lowest BCUT2D eigenvalue weighted by Gasteiger charge is -2.09. The lowest BCUT2D eigenvalue weighted by atomic mass is 10.3. The SMILES string of the molecule is N[C@@H](Cn1ccc(=O)n(C(=O)O)c1=O)C(=O)O. The lowest BCUT2D eigenvalue weighted by Crippen LogP contribution is -2.46. The predicted molar refractivity (Wildman–Crippen MR) is 54.0 cm³/mol. The number of carboxylic acids is 1. The highest BCUT2D eigenvalue weighted by molar-refractivity contribution is 5.73. The molecule has 92 valence electrons. The molecule has 0 aliphatic heterocycles. The maximum atomic E-state index is 11.5. The number of hydrogen-bond acceptors (Lipinski definition) is 5. The molecule has 0 spiro atoms. The standard InChI is InChI=1S/C8H9N3O6/c9-4(6(13)14)3-10-2-1-5(12)11(7(10)15)8(16)17/h1-2,4H,3,9H2,(H,13,14)(H,16,17)/t4-/m0/s1. The van der Waals surface area contributed by atoms with Crippen molar-refractivity contribution in [2.45, 2.75) is 12.6 Å². The van der Waals surface area contributed by atoms with Crippen LogP contribution in [0.3, 0.4) is 0 Å². The van der Waals surface area contributed by atoms with E-state index in [0.717, 1.165) is 16.8 Å². The summed E-state index contributed by atoms with van der Waals surface area (Å²) < 4.78 is 0.711. The molecule has 1 aromatic heterocycles. The number of nitrogens with zero attached hydrogens (tertiary/aromatic N) is 2. The molecule has 9 nitrogen and oxygen atoms in total. The largest absolute Gasteiger partial charge is 0.480 e. The summed E-state index contributed by atoms with van der Waals surface area (Å²) in [5.41, 5.74) is 3.02. The zero-order chi connectivity index (χ0) is 13.2. The molecule has 1 heterocycles. The first-order valence-corrected chi connectivity index (χ1v) is 4.38. The summed E-state index contributed by atoms with van der Waals surface area (Å²) in [6.45, 7) is -0.429. The second-order valence-electron chi connectivity index (χ2n) is 3.15. The van der Waals surface area contributed by atoms with Crippen LogP contribution in [-0.2, 0) is 11.3 Å². The van der Waals surface area contributed by atoms with Crippen molar-refractivity contribution in [2.75, 3.05) is 0 Å². The second-order valence-corrected chi connectivity index (χ2v) is 3.15. The monoisotopic (exact) mass is 243 g/mol. The fourth-order valence-electron chi connectivity index (χ4n) is 1.12. The molecule has 0 unspecified atom stereocenters. The molecule has 4 N–H and O–H groups in total. The summed E-state index contributed by atoms with van der Waals surface area (Å²) in [6, 6.07) is -0.531. The molecule has 0 aliphatic rings. The lowest BCUT2D eigenvalue weighted by molar-refractivity contribution is -0.138. The van der Waals surface area contributed by atoms with Gasteiger partial charge in [-0.05, 0) is 0 Å². The first-order valence-electron chi connectivity index (χ1n) is 4.38. The van der Waals surface area contributed by atoms with Crippen molar-refractivity contribution < 1.29 is 19.8 Å².